The van der Waals surface area contributed by atoms with Crippen LogP contribution in [-0.2, 0) is 6.42 Å². The SMILES string of the molecule is CNC(Cc1cc(C)ccc1C)C(C)C(C)C. The van der Waals surface area contributed by atoms with Crippen molar-refractivity contribution in [3.05, 3.63) is 34.9 Å². The zero-order valence-corrected chi connectivity index (χ0v) is 12.2. The molecule has 1 nitrogen and oxygen atoms in total. The van der Waals surface area contributed by atoms with Gasteiger partial charge in [0.2, 0.25) is 0 Å². The smallest absolute Gasteiger partial charge is 0.0133 e. The highest BCUT2D eigenvalue weighted by molar-refractivity contribution is 5.31. The predicted octanol–water partition coefficient (Wildman–Crippen LogP) is 3.73. The molecule has 0 amide bonds. The Morgan fingerprint density at radius 2 is 1.76 bits per heavy atom. The van der Waals surface area contributed by atoms with Crippen LogP contribution in [0.25, 0.3) is 0 Å². The molecule has 1 rings (SSSR count). The third kappa shape index (κ3) is 3.85. The fourth-order valence-corrected chi connectivity index (χ4v) is 2.27. The van der Waals surface area contributed by atoms with Crippen LogP contribution < -0.4 is 5.32 Å². The maximum Gasteiger partial charge on any atom is 0.0133 e. The Morgan fingerprint density at radius 3 is 2.29 bits per heavy atom. The van der Waals surface area contributed by atoms with Crippen LogP contribution in [-0.4, -0.2) is 13.1 Å². The molecule has 0 aliphatic rings. The molecule has 17 heavy (non-hydrogen) atoms. The van der Waals surface area contributed by atoms with Crippen LogP contribution >= 0.6 is 0 Å². The van der Waals surface area contributed by atoms with Gasteiger partial charge >= 0.3 is 0 Å². The first-order chi connectivity index (χ1) is 7.95. The summed E-state index contributed by atoms with van der Waals surface area (Å²) in [6.45, 7) is 11.3. The zero-order valence-electron chi connectivity index (χ0n) is 12.2. The minimum Gasteiger partial charge on any atom is -0.316 e. The normalized spacial score (nSPS) is 15.0. The second-order valence-electron chi connectivity index (χ2n) is 5.63. The summed E-state index contributed by atoms with van der Waals surface area (Å²) in [6.07, 6.45) is 1.13. The summed E-state index contributed by atoms with van der Waals surface area (Å²) in [5.41, 5.74) is 4.25. The zero-order chi connectivity index (χ0) is 13.0. The number of rotatable bonds is 5. The minimum atomic E-state index is 0.565. The molecule has 0 heterocycles. The molecule has 2 unspecified atom stereocenters. The highest BCUT2D eigenvalue weighted by atomic mass is 14.9. The van der Waals surface area contributed by atoms with Gasteiger partial charge in [0, 0.05) is 6.04 Å². The minimum absolute atomic E-state index is 0.565. The van der Waals surface area contributed by atoms with E-state index in [-0.39, 0.29) is 0 Å². The summed E-state index contributed by atoms with van der Waals surface area (Å²) in [5, 5.41) is 3.48. The predicted molar refractivity (Wildman–Crippen MR) is 76.5 cm³/mol. The Morgan fingerprint density at radius 1 is 1.12 bits per heavy atom. The van der Waals surface area contributed by atoms with Gasteiger partial charge in [0.1, 0.15) is 0 Å². The van der Waals surface area contributed by atoms with E-state index in [0.717, 1.165) is 12.3 Å². The average molecular weight is 233 g/mol. The molecule has 96 valence electrons. The molecule has 0 saturated heterocycles. The van der Waals surface area contributed by atoms with Gasteiger partial charge in [0.05, 0.1) is 0 Å². The van der Waals surface area contributed by atoms with Gasteiger partial charge in [0.25, 0.3) is 0 Å². The Balaban J connectivity index is 2.83. The second-order valence-corrected chi connectivity index (χ2v) is 5.63. The summed E-state index contributed by atoms with van der Waals surface area (Å²) in [7, 11) is 2.08. The molecular formula is C16H27N. The number of nitrogens with one attached hydrogen (secondary N) is 1. The lowest BCUT2D eigenvalue weighted by atomic mass is 9.85. The number of hydrogen-bond donors (Lipinski definition) is 1. The molecule has 0 saturated carbocycles. The second kappa shape index (κ2) is 6.20. The Hall–Kier alpha value is -0.820. The topological polar surface area (TPSA) is 12.0 Å². The van der Waals surface area contributed by atoms with Gasteiger partial charge in [-0.3, -0.25) is 0 Å². The maximum atomic E-state index is 3.48. The van der Waals surface area contributed by atoms with E-state index in [1.54, 1.807) is 0 Å². The van der Waals surface area contributed by atoms with Crippen molar-refractivity contribution in [2.45, 2.75) is 47.1 Å². The Bertz CT molecular complexity index is 355. The van der Waals surface area contributed by atoms with Crippen molar-refractivity contribution < 1.29 is 0 Å². The standard InChI is InChI=1S/C16H27N/c1-11(2)14(5)16(17-6)10-15-9-12(3)7-8-13(15)4/h7-9,11,14,16-17H,10H2,1-6H3. The highest BCUT2D eigenvalue weighted by Crippen LogP contribution is 2.20. The molecule has 1 aromatic carbocycles. The molecule has 2 atom stereocenters. The van der Waals surface area contributed by atoms with Crippen molar-refractivity contribution >= 4 is 0 Å². The van der Waals surface area contributed by atoms with Crippen molar-refractivity contribution in [2.24, 2.45) is 11.8 Å². The molecule has 0 aromatic heterocycles. The van der Waals surface area contributed by atoms with Crippen LogP contribution in [0.4, 0.5) is 0 Å². The quantitative estimate of drug-likeness (QED) is 0.817. The molecule has 0 radical (unpaired) electrons. The average Bonchev–Trinajstić information content (AvgIpc) is 2.29. The van der Waals surface area contributed by atoms with Crippen LogP contribution in [0.2, 0.25) is 0 Å². The Labute approximate surface area is 107 Å². The molecular weight excluding hydrogens is 206 g/mol. The van der Waals surface area contributed by atoms with Crippen molar-refractivity contribution in [1.82, 2.24) is 5.32 Å². The van der Waals surface area contributed by atoms with Crippen LogP contribution in [0.3, 0.4) is 0 Å². The van der Waals surface area contributed by atoms with Gasteiger partial charge in [-0.1, -0.05) is 44.5 Å². The van der Waals surface area contributed by atoms with Gasteiger partial charge < -0.3 is 5.32 Å². The van der Waals surface area contributed by atoms with E-state index in [1.165, 1.54) is 16.7 Å². The number of benzene rings is 1. The molecule has 0 fully saturated rings. The van der Waals surface area contributed by atoms with Gasteiger partial charge in [-0.2, -0.15) is 0 Å². The van der Waals surface area contributed by atoms with E-state index in [4.69, 9.17) is 0 Å². The van der Waals surface area contributed by atoms with Gasteiger partial charge in [-0.05, 0) is 50.3 Å². The Kier molecular flexibility index (Phi) is 5.20. The van der Waals surface area contributed by atoms with E-state index < -0.39 is 0 Å². The molecule has 1 heteroatoms. The molecule has 0 aliphatic carbocycles. The van der Waals surface area contributed by atoms with Crippen molar-refractivity contribution in [3.8, 4) is 0 Å². The number of aryl methyl sites for hydroxylation is 2. The van der Waals surface area contributed by atoms with Crippen LogP contribution in [0.5, 0.6) is 0 Å². The number of likely N-dealkylation sites (N-methyl/N-ethyl adjacent to an activating group) is 1. The summed E-state index contributed by atoms with van der Waals surface area (Å²) in [4.78, 5) is 0. The third-order valence-electron chi connectivity index (χ3n) is 4.00. The highest BCUT2D eigenvalue weighted by Gasteiger charge is 2.19. The van der Waals surface area contributed by atoms with Gasteiger partial charge in [-0.15, -0.1) is 0 Å². The third-order valence-corrected chi connectivity index (χ3v) is 4.00. The summed E-state index contributed by atoms with van der Waals surface area (Å²) in [6, 6.07) is 7.32. The van der Waals surface area contributed by atoms with Crippen molar-refractivity contribution in [3.63, 3.8) is 0 Å². The van der Waals surface area contributed by atoms with Crippen LogP contribution in [0.1, 0.15) is 37.5 Å². The van der Waals surface area contributed by atoms with E-state index in [2.05, 4.69) is 65.2 Å². The maximum absolute atomic E-state index is 3.48. The lowest BCUT2D eigenvalue weighted by Gasteiger charge is -2.27. The van der Waals surface area contributed by atoms with E-state index in [1.807, 2.05) is 0 Å². The lowest BCUT2D eigenvalue weighted by Crippen LogP contribution is -2.36. The van der Waals surface area contributed by atoms with E-state index in [9.17, 15) is 0 Å². The summed E-state index contributed by atoms with van der Waals surface area (Å²) >= 11 is 0. The lowest BCUT2D eigenvalue weighted by molar-refractivity contribution is 0.309. The monoisotopic (exact) mass is 233 g/mol. The fourth-order valence-electron chi connectivity index (χ4n) is 2.27. The summed E-state index contributed by atoms with van der Waals surface area (Å²) in [5.74, 6) is 1.41. The molecule has 0 spiro atoms. The molecule has 1 N–H and O–H groups in total. The van der Waals surface area contributed by atoms with Gasteiger partial charge in [0.15, 0.2) is 0 Å². The first-order valence-electron chi connectivity index (χ1n) is 6.69. The summed E-state index contributed by atoms with van der Waals surface area (Å²) < 4.78 is 0. The van der Waals surface area contributed by atoms with Gasteiger partial charge in [-0.25, -0.2) is 0 Å². The van der Waals surface area contributed by atoms with Crippen molar-refractivity contribution in [2.75, 3.05) is 7.05 Å². The van der Waals surface area contributed by atoms with Crippen LogP contribution in [0, 0.1) is 25.7 Å². The first-order valence-corrected chi connectivity index (χ1v) is 6.69. The van der Waals surface area contributed by atoms with E-state index in [0.29, 0.717) is 12.0 Å². The molecule has 0 bridgehead atoms. The first kappa shape index (κ1) is 14.2. The number of hydrogen-bond acceptors (Lipinski definition) is 1. The van der Waals surface area contributed by atoms with Crippen LogP contribution in [0.15, 0.2) is 18.2 Å². The molecule has 1 aromatic rings. The van der Waals surface area contributed by atoms with E-state index >= 15 is 0 Å². The molecule has 0 aliphatic heterocycles. The fraction of sp³-hybridized carbons (Fsp3) is 0.625. The largest absolute Gasteiger partial charge is 0.316 e. The van der Waals surface area contributed by atoms with Crippen molar-refractivity contribution in [1.29, 1.82) is 0 Å².